The molecule has 1 aliphatic heterocycles. The topological polar surface area (TPSA) is 58.6 Å². The van der Waals surface area contributed by atoms with Crippen LogP contribution < -0.4 is 10.5 Å². The highest BCUT2D eigenvalue weighted by Crippen LogP contribution is 2.36. The van der Waals surface area contributed by atoms with Gasteiger partial charge in [-0.15, -0.1) is 4.98 Å². The number of aromatic nitrogens is 3. The first-order valence-electron chi connectivity index (χ1n) is 11.4. The summed E-state index contributed by atoms with van der Waals surface area (Å²) in [5.41, 5.74) is 4.10. The van der Waals surface area contributed by atoms with Crippen LogP contribution in [0, 0.1) is 12.4 Å². The molecular formula is C26H25FN6OS. The number of aryl methyl sites for hydroxylation is 1. The Morgan fingerprint density at radius 1 is 1.11 bits per heavy atom. The van der Waals surface area contributed by atoms with Crippen LogP contribution in [0.25, 0.3) is 15.9 Å². The highest BCUT2D eigenvalue weighted by Gasteiger charge is 2.36. The molecule has 1 fully saturated rings. The Balaban J connectivity index is 1.54. The van der Waals surface area contributed by atoms with Gasteiger partial charge in [-0.3, -0.25) is 9.69 Å². The number of benzene rings is 1. The lowest BCUT2D eigenvalue weighted by Gasteiger charge is -2.48. The molecule has 1 aliphatic rings. The average molecular weight is 489 g/mol. The van der Waals surface area contributed by atoms with Gasteiger partial charge in [-0.2, -0.15) is 0 Å². The van der Waals surface area contributed by atoms with E-state index in [4.69, 9.17) is 6.57 Å². The van der Waals surface area contributed by atoms with E-state index in [9.17, 15) is 9.18 Å². The number of rotatable bonds is 4. The summed E-state index contributed by atoms with van der Waals surface area (Å²) in [6.07, 6.45) is 1.88. The first-order valence-corrected chi connectivity index (χ1v) is 12.3. The summed E-state index contributed by atoms with van der Waals surface area (Å²) < 4.78 is 19.6. The molecule has 9 heteroatoms. The fraction of sp³-hybridized carbons (Fsp3) is 0.308. The molecule has 0 spiro atoms. The molecule has 1 aromatic carbocycles. The van der Waals surface area contributed by atoms with Crippen molar-refractivity contribution in [2.75, 3.05) is 18.0 Å². The van der Waals surface area contributed by atoms with Crippen LogP contribution in [-0.2, 0) is 7.05 Å². The lowest BCUT2D eigenvalue weighted by molar-refractivity contribution is 0.130. The fourth-order valence-corrected chi connectivity index (χ4v) is 5.55. The normalized spacial score (nSPS) is 19.6. The molecule has 0 aliphatic carbocycles. The number of fused-ring (bicyclic) bond motifs is 1. The maximum Gasteiger partial charge on any atom is 0.270 e. The van der Waals surface area contributed by atoms with Crippen molar-refractivity contribution >= 4 is 34.1 Å². The van der Waals surface area contributed by atoms with Crippen molar-refractivity contribution in [2.24, 2.45) is 7.05 Å². The van der Waals surface area contributed by atoms with Gasteiger partial charge < -0.3 is 14.3 Å². The van der Waals surface area contributed by atoms with Crippen LogP contribution in [0.2, 0.25) is 0 Å². The van der Waals surface area contributed by atoms with Gasteiger partial charge in [0.25, 0.3) is 11.4 Å². The summed E-state index contributed by atoms with van der Waals surface area (Å²) in [5.74, 6) is 0.0454. The second-order valence-corrected chi connectivity index (χ2v) is 9.69. The predicted molar refractivity (Wildman–Crippen MR) is 137 cm³/mol. The van der Waals surface area contributed by atoms with Crippen molar-refractivity contribution in [2.45, 2.75) is 32.0 Å². The minimum absolute atomic E-state index is 0.0545. The highest BCUT2D eigenvalue weighted by atomic mass is 32.1. The van der Waals surface area contributed by atoms with Gasteiger partial charge in [0.15, 0.2) is 0 Å². The zero-order valence-corrected chi connectivity index (χ0v) is 20.5. The second-order valence-electron chi connectivity index (χ2n) is 9.03. The third kappa shape index (κ3) is 4.20. The van der Waals surface area contributed by atoms with Crippen molar-refractivity contribution in [3.63, 3.8) is 0 Å². The number of pyridine rings is 2. The molecular weight excluding hydrogens is 463 g/mol. The third-order valence-electron chi connectivity index (χ3n) is 6.80. The number of nitrogens with zero attached hydrogens (tertiary/aromatic N) is 6. The van der Waals surface area contributed by atoms with Crippen LogP contribution in [0.4, 0.5) is 15.9 Å². The van der Waals surface area contributed by atoms with Crippen molar-refractivity contribution in [1.82, 2.24) is 18.8 Å². The van der Waals surface area contributed by atoms with E-state index < -0.39 is 0 Å². The van der Waals surface area contributed by atoms with E-state index in [0.29, 0.717) is 23.4 Å². The zero-order chi connectivity index (χ0) is 24.7. The molecule has 1 unspecified atom stereocenters. The molecule has 35 heavy (non-hydrogen) atoms. The van der Waals surface area contributed by atoms with Crippen LogP contribution in [-0.4, -0.2) is 44.0 Å². The average Bonchev–Trinajstić information content (AvgIpc) is 3.39. The first-order chi connectivity index (χ1) is 16.9. The highest BCUT2D eigenvalue weighted by molar-refractivity contribution is 7.03. The van der Waals surface area contributed by atoms with E-state index in [2.05, 4.69) is 37.8 Å². The lowest BCUT2D eigenvalue weighted by atomic mass is 9.95. The number of anilines is 1. The molecule has 3 atom stereocenters. The Labute approximate surface area is 207 Å². The minimum atomic E-state index is -0.258. The van der Waals surface area contributed by atoms with E-state index in [-0.39, 0.29) is 29.5 Å². The van der Waals surface area contributed by atoms with E-state index >= 15 is 0 Å². The van der Waals surface area contributed by atoms with Crippen LogP contribution in [0.3, 0.4) is 0 Å². The lowest BCUT2D eigenvalue weighted by Crippen LogP contribution is -2.57. The van der Waals surface area contributed by atoms with Gasteiger partial charge in [0, 0.05) is 55.4 Å². The van der Waals surface area contributed by atoms with Crippen LogP contribution in [0.1, 0.15) is 31.0 Å². The quantitative estimate of drug-likeness (QED) is 0.388. The molecule has 0 radical (unpaired) electrons. The standard InChI is InChI=1S/C26H25FN6OS/c1-16-14-33(26(19-12-29-35-15-19)18-5-7-20(27)8-6-18)17(2)13-32(16)22-11-24(34)31(4)21-9-10-23(28-3)30-25(21)22/h5-12,15-17,26H,13-14H2,1-2,4H3/t16-,17+,26?/m0/s1. The minimum Gasteiger partial charge on any atom is -0.362 e. The van der Waals surface area contributed by atoms with Gasteiger partial charge in [-0.1, -0.05) is 18.7 Å². The summed E-state index contributed by atoms with van der Waals surface area (Å²) in [4.78, 5) is 25.5. The van der Waals surface area contributed by atoms with E-state index in [0.717, 1.165) is 23.4 Å². The molecule has 3 aromatic heterocycles. The molecule has 0 amide bonds. The molecule has 4 aromatic rings. The van der Waals surface area contributed by atoms with E-state index in [1.54, 1.807) is 29.8 Å². The molecule has 0 saturated carbocycles. The Morgan fingerprint density at radius 2 is 1.89 bits per heavy atom. The third-order valence-corrected chi connectivity index (χ3v) is 7.40. The van der Waals surface area contributed by atoms with Gasteiger partial charge >= 0.3 is 0 Å². The Kier molecular flexibility index (Phi) is 6.09. The summed E-state index contributed by atoms with van der Waals surface area (Å²) >= 11 is 1.41. The van der Waals surface area contributed by atoms with Crippen LogP contribution >= 0.6 is 11.5 Å². The van der Waals surface area contributed by atoms with E-state index in [1.165, 1.54) is 23.7 Å². The molecule has 5 rings (SSSR count). The molecule has 0 bridgehead atoms. The summed E-state index contributed by atoms with van der Waals surface area (Å²) in [7, 11) is 1.72. The van der Waals surface area contributed by atoms with Gasteiger partial charge in [-0.05, 0) is 55.2 Å². The van der Waals surface area contributed by atoms with Gasteiger partial charge in [-0.25, -0.2) is 8.76 Å². The van der Waals surface area contributed by atoms with E-state index in [1.807, 2.05) is 23.7 Å². The number of halogens is 1. The Morgan fingerprint density at radius 3 is 2.57 bits per heavy atom. The first kappa shape index (κ1) is 23.1. The monoisotopic (exact) mass is 488 g/mol. The van der Waals surface area contributed by atoms with Crippen molar-refractivity contribution < 1.29 is 4.39 Å². The Bertz CT molecular complexity index is 1460. The van der Waals surface area contributed by atoms with Crippen LogP contribution in [0.15, 0.2) is 58.8 Å². The summed E-state index contributed by atoms with van der Waals surface area (Å²) in [6, 6.07) is 11.9. The van der Waals surface area contributed by atoms with Gasteiger partial charge in [0.2, 0.25) is 5.52 Å². The summed E-state index contributed by atoms with van der Waals surface area (Å²) in [6.45, 7) is 13.1. The maximum atomic E-state index is 13.7. The van der Waals surface area contributed by atoms with Crippen molar-refractivity contribution in [3.8, 4) is 0 Å². The number of piperazine rings is 1. The molecule has 1 saturated heterocycles. The maximum absolute atomic E-state index is 13.7. The number of hydrogen-bond acceptors (Lipinski definition) is 6. The predicted octanol–water partition coefficient (Wildman–Crippen LogP) is 4.77. The van der Waals surface area contributed by atoms with Gasteiger partial charge in [0.1, 0.15) is 5.82 Å². The Hall–Kier alpha value is -3.61. The smallest absolute Gasteiger partial charge is 0.270 e. The van der Waals surface area contributed by atoms with Crippen LogP contribution in [0.5, 0.6) is 0 Å². The van der Waals surface area contributed by atoms with Crippen molar-refractivity contribution in [1.29, 1.82) is 0 Å². The van der Waals surface area contributed by atoms with Gasteiger partial charge in [0.05, 0.1) is 17.2 Å². The zero-order valence-electron chi connectivity index (χ0n) is 19.7. The molecule has 178 valence electrons. The van der Waals surface area contributed by atoms with Crippen molar-refractivity contribution in [3.05, 3.63) is 92.8 Å². The fourth-order valence-electron chi connectivity index (χ4n) is 5.00. The molecule has 4 heterocycles. The molecule has 0 N–H and O–H groups in total. The SMILES string of the molecule is [C-]#[N+]c1ccc2c(n1)c(N1C[C@@H](C)N(C(c3ccc(F)cc3)c3cnsc3)C[C@@H]1C)cc(=O)n2C. The number of hydrogen-bond donors (Lipinski definition) is 0. The molecule has 7 nitrogen and oxygen atoms in total. The largest absolute Gasteiger partial charge is 0.362 e. The summed E-state index contributed by atoms with van der Waals surface area (Å²) in [5, 5.41) is 2.04. The second kappa shape index (κ2) is 9.21.